The van der Waals surface area contributed by atoms with Crippen molar-refractivity contribution in [3.05, 3.63) is 0 Å². The van der Waals surface area contributed by atoms with Crippen molar-refractivity contribution in [3.63, 3.8) is 0 Å². The molecule has 0 N–H and O–H groups in total. The zero-order valence-corrected chi connectivity index (χ0v) is 11.0. The van der Waals surface area contributed by atoms with Crippen LogP contribution in [0.2, 0.25) is 0 Å². The van der Waals surface area contributed by atoms with Gasteiger partial charge in [0.15, 0.2) is 5.78 Å². The van der Waals surface area contributed by atoms with Gasteiger partial charge in [-0.2, -0.15) is 0 Å². The van der Waals surface area contributed by atoms with E-state index in [0.29, 0.717) is 0 Å². The number of carbonyl (C=O) groups excluding carboxylic acids is 2. The van der Waals surface area contributed by atoms with Crippen LogP contribution in [0.25, 0.3) is 0 Å². The molecule has 0 saturated carbocycles. The first kappa shape index (κ1) is 14.2. The Bertz CT molecular complexity index is 316. The third kappa shape index (κ3) is 3.84. The van der Waals surface area contributed by atoms with E-state index in [-0.39, 0.29) is 24.6 Å². The Morgan fingerprint density at radius 1 is 1.47 bits per heavy atom. The van der Waals surface area contributed by atoms with E-state index < -0.39 is 23.9 Å². The van der Waals surface area contributed by atoms with Gasteiger partial charge in [0.05, 0.1) is 18.5 Å². The van der Waals surface area contributed by atoms with Crippen molar-refractivity contribution in [2.24, 2.45) is 0 Å². The molecule has 0 spiro atoms. The number of carbonyl (C=O) groups is 2. The van der Waals surface area contributed by atoms with Crippen molar-refractivity contribution >= 4 is 23.5 Å². The molecule has 0 aromatic heterocycles. The van der Waals surface area contributed by atoms with Crippen LogP contribution in [0.3, 0.4) is 0 Å². The number of rotatable bonds is 2. The van der Waals surface area contributed by atoms with E-state index in [9.17, 15) is 14.0 Å². The standard InChI is InChI=1S/C11H17ClFNO3/c1-11(2,3)17-10(16)14-6-7(13)4-8(14)9(15)5-12/h7-8H,4-6H2,1-3H3/t7-,8?/m0/s1. The van der Waals surface area contributed by atoms with Crippen molar-refractivity contribution in [2.75, 3.05) is 12.4 Å². The SMILES string of the molecule is CC(C)(C)OC(=O)N1C[C@@H](F)CC1C(=O)CCl. The van der Waals surface area contributed by atoms with Gasteiger partial charge in [-0.05, 0) is 20.8 Å². The Balaban J connectivity index is 2.73. The molecule has 0 aromatic rings. The largest absolute Gasteiger partial charge is 0.444 e. The molecule has 0 radical (unpaired) electrons. The van der Waals surface area contributed by atoms with Crippen molar-refractivity contribution in [1.29, 1.82) is 0 Å². The molecule has 1 rings (SSSR count). The highest BCUT2D eigenvalue weighted by Crippen LogP contribution is 2.24. The van der Waals surface area contributed by atoms with Crippen LogP contribution in [0.15, 0.2) is 0 Å². The molecule has 0 aliphatic carbocycles. The van der Waals surface area contributed by atoms with E-state index in [0.717, 1.165) is 4.90 Å². The molecule has 1 amide bonds. The first-order valence-corrected chi connectivity index (χ1v) is 6.00. The number of alkyl halides is 2. The molecule has 1 heterocycles. The molecule has 1 unspecified atom stereocenters. The number of ketones is 1. The van der Waals surface area contributed by atoms with Crippen LogP contribution in [0.1, 0.15) is 27.2 Å². The maximum atomic E-state index is 13.3. The van der Waals surface area contributed by atoms with Gasteiger partial charge in [-0.1, -0.05) is 0 Å². The highest BCUT2D eigenvalue weighted by molar-refractivity contribution is 6.28. The topological polar surface area (TPSA) is 46.6 Å². The minimum Gasteiger partial charge on any atom is -0.444 e. The second-order valence-electron chi connectivity index (χ2n) is 5.08. The molecule has 1 fully saturated rings. The second kappa shape index (κ2) is 5.21. The lowest BCUT2D eigenvalue weighted by atomic mass is 10.1. The van der Waals surface area contributed by atoms with Crippen molar-refractivity contribution in [1.82, 2.24) is 4.90 Å². The summed E-state index contributed by atoms with van der Waals surface area (Å²) in [7, 11) is 0. The van der Waals surface area contributed by atoms with Gasteiger partial charge in [-0.3, -0.25) is 9.69 Å². The zero-order chi connectivity index (χ0) is 13.2. The molecule has 17 heavy (non-hydrogen) atoms. The number of hydrogen-bond donors (Lipinski definition) is 0. The van der Waals surface area contributed by atoms with Gasteiger partial charge in [0.1, 0.15) is 11.8 Å². The summed E-state index contributed by atoms with van der Waals surface area (Å²) in [5, 5.41) is 0. The Morgan fingerprint density at radius 3 is 2.53 bits per heavy atom. The predicted molar refractivity (Wildman–Crippen MR) is 62.0 cm³/mol. The van der Waals surface area contributed by atoms with Crippen LogP contribution in [-0.2, 0) is 9.53 Å². The van der Waals surface area contributed by atoms with Crippen LogP contribution in [0.4, 0.5) is 9.18 Å². The predicted octanol–water partition coefficient (Wildman–Crippen LogP) is 2.14. The summed E-state index contributed by atoms with van der Waals surface area (Å²) in [4.78, 5) is 24.4. The lowest BCUT2D eigenvalue weighted by Crippen LogP contribution is -2.43. The Morgan fingerprint density at radius 2 is 2.06 bits per heavy atom. The molecule has 2 atom stereocenters. The fourth-order valence-electron chi connectivity index (χ4n) is 1.70. The van der Waals surface area contributed by atoms with Gasteiger partial charge < -0.3 is 4.74 Å². The van der Waals surface area contributed by atoms with E-state index in [4.69, 9.17) is 16.3 Å². The fourth-order valence-corrected chi connectivity index (χ4v) is 1.88. The molecule has 1 aliphatic rings. The normalized spacial score (nSPS) is 24.9. The monoisotopic (exact) mass is 265 g/mol. The number of amides is 1. The minimum atomic E-state index is -1.19. The van der Waals surface area contributed by atoms with Crippen LogP contribution in [-0.4, -0.2) is 47.0 Å². The fraction of sp³-hybridized carbons (Fsp3) is 0.818. The lowest BCUT2D eigenvalue weighted by molar-refractivity contribution is -0.120. The number of ether oxygens (including phenoxy) is 1. The van der Waals surface area contributed by atoms with Crippen LogP contribution in [0, 0.1) is 0 Å². The van der Waals surface area contributed by atoms with E-state index in [1.54, 1.807) is 20.8 Å². The number of Topliss-reactive ketones (excluding diaryl/α,β-unsaturated/α-hetero) is 1. The maximum absolute atomic E-state index is 13.3. The lowest BCUT2D eigenvalue weighted by Gasteiger charge is -2.27. The number of halogens is 2. The Kier molecular flexibility index (Phi) is 4.36. The van der Waals surface area contributed by atoms with Gasteiger partial charge in [0.25, 0.3) is 0 Å². The first-order valence-electron chi connectivity index (χ1n) is 5.47. The molecule has 1 saturated heterocycles. The molecule has 0 bridgehead atoms. The van der Waals surface area contributed by atoms with Crippen LogP contribution in [0.5, 0.6) is 0 Å². The number of nitrogens with zero attached hydrogens (tertiary/aromatic N) is 1. The molecular weight excluding hydrogens is 249 g/mol. The molecule has 1 aliphatic heterocycles. The van der Waals surface area contributed by atoms with E-state index in [1.165, 1.54) is 0 Å². The third-order valence-corrected chi connectivity index (χ3v) is 2.64. The average molecular weight is 266 g/mol. The zero-order valence-electron chi connectivity index (χ0n) is 10.2. The summed E-state index contributed by atoms with van der Waals surface area (Å²) in [6.45, 7) is 5.03. The van der Waals surface area contributed by atoms with E-state index in [2.05, 4.69) is 0 Å². The van der Waals surface area contributed by atoms with Gasteiger partial charge in [-0.15, -0.1) is 11.6 Å². The highest BCUT2D eigenvalue weighted by atomic mass is 35.5. The first-order chi connectivity index (χ1) is 7.74. The van der Waals surface area contributed by atoms with Gasteiger partial charge >= 0.3 is 6.09 Å². The third-order valence-electron chi connectivity index (χ3n) is 2.38. The quantitative estimate of drug-likeness (QED) is 0.719. The van der Waals surface area contributed by atoms with Crippen molar-refractivity contribution in [3.8, 4) is 0 Å². The van der Waals surface area contributed by atoms with E-state index >= 15 is 0 Å². The Hall–Kier alpha value is -0.840. The number of likely N-dealkylation sites (tertiary alicyclic amines) is 1. The average Bonchev–Trinajstić information content (AvgIpc) is 2.56. The summed E-state index contributed by atoms with van der Waals surface area (Å²) in [6, 6.07) is -0.794. The summed E-state index contributed by atoms with van der Waals surface area (Å²) in [6.07, 6.45) is -1.86. The summed E-state index contributed by atoms with van der Waals surface area (Å²) >= 11 is 5.43. The molecule has 4 nitrogen and oxygen atoms in total. The van der Waals surface area contributed by atoms with Crippen molar-refractivity contribution in [2.45, 2.75) is 45.0 Å². The summed E-state index contributed by atoms with van der Waals surface area (Å²) < 4.78 is 18.4. The minimum absolute atomic E-state index is 0.00476. The van der Waals surface area contributed by atoms with Crippen LogP contribution < -0.4 is 0 Å². The molecule has 6 heteroatoms. The van der Waals surface area contributed by atoms with Gasteiger partial charge in [-0.25, -0.2) is 9.18 Å². The maximum Gasteiger partial charge on any atom is 0.411 e. The van der Waals surface area contributed by atoms with Gasteiger partial charge in [0.2, 0.25) is 0 Å². The smallest absolute Gasteiger partial charge is 0.411 e. The Labute approximate surface area is 105 Å². The summed E-state index contributed by atoms with van der Waals surface area (Å²) in [5.41, 5.74) is -0.667. The van der Waals surface area contributed by atoms with Crippen molar-refractivity contribution < 1.29 is 18.7 Å². The number of hydrogen-bond acceptors (Lipinski definition) is 3. The second-order valence-corrected chi connectivity index (χ2v) is 5.35. The molecule has 98 valence electrons. The van der Waals surface area contributed by atoms with Crippen LogP contribution >= 0.6 is 11.6 Å². The molecule has 0 aromatic carbocycles. The summed E-state index contributed by atoms with van der Waals surface area (Å²) in [5.74, 6) is -0.575. The highest BCUT2D eigenvalue weighted by Gasteiger charge is 2.40. The molecular formula is C11H17ClFNO3. The van der Waals surface area contributed by atoms with E-state index in [1.807, 2.05) is 0 Å². The van der Waals surface area contributed by atoms with Gasteiger partial charge in [0, 0.05) is 6.42 Å².